The zero-order chi connectivity index (χ0) is 12.1. The van der Waals surface area contributed by atoms with Crippen LogP contribution in [0.25, 0.3) is 0 Å². The van der Waals surface area contributed by atoms with Gasteiger partial charge in [-0.2, -0.15) is 0 Å². The molecule has 88 valence electrons. The number of alkyl halides is 1. The third-order valence-corrected chi connectivity index (χ3v) is 3.07. The molecule has 1 aromatic carbocycles. The van der Waals surface area contributed by atoms with Gasteiger partial charge in [0.25, 0.3) is 5.91 Å². The molecule has 0 aliphatic carbocycles. The average molecular weight is 260 g/mol. The summed E-state index contributed by atoms with van der Waals surface area (Å²) in [6, 6.07) is 5.23. The Bertz CT molecular complexity index is 379. The first kappa shape index (κ1) is 13.3. The van der Waals surface area contributed by atoms with Gasteiger partial charge < -0.3 is 5.32 Å². The monoisotopic (exact) mass is 259 g/mol. The van der Waals surface area contributed by atoms with Gasteiger partial charge in [0.1, 0.15) is 0 Å². The second-order valence-electron chi connectivity index (χ2n) is 3.93. The Morgan fingerprint density at radius 3 is 2.75 bits per heavy atom. The van der Waals surface area contributed by atoms with Crippen molar-refractivity contribution in [3.63, 3.8) is 0 Å². The number of rotatable bonds is 4. The van der Waals surface area contributed by atoms with Crippen LogP contribution >= 0.6 is 23.2 Å². The van der Waals surface area contributed by atoms with E-state index in [-0.39, 0.29) is 11.8 Å². The van der Waals surface area contributed by atoms with E-state index in [4.69, 9.17) is 23.2 Å². The van der Waals surface area contributed by atoms with Crippen LogP contribution < -0.4 is 5.32 Å². The van der Waals surface area contributed by atoms with Crippen LogP contribution in [0.1, 0.15) is 22.8 Å². The molecule has 0 saturated carbocycles. The number of aryl methyl sites for hydroxylation is 1. The minimum Gasteiger partial charge on any atom is -0.352 e. The molecule has 0 aliphatic heterocycles. The van der Waals surface area contributed by atoms with E-state index in [0.717, 1.165) is 5.56 Å². The van der Waals surface area contributed by atoms with Gasteiger partial charge in [-0.15, -0.1) is 11.6 Å². The first-order chi connectivity index (χ1) is 7.54. The van der Waals surface area contributed by atoms with E-state index >= 15 is 0 Å². The number of carbonyl (C=O) groups excluding carboxylic acids is 1. The van der Waals surface area contributed by atoms with Crippen molar-refractivity contribution < 1.29 is 4.79 Å². The Morgan fingerprint density at radius 2 is 2.19 bits per heavy atom. The lowest BCUT2D eigenvalue weighted by molar-refractivity contribution is 0.0948. The number of amides is 1. The third kappa shape index (κ3) is 3.69. The van der Waals surface area contributed by atoms with E-state index in [1.807, 2.05) is 13.8 Å². The molecule has 0 aliphatic rings. The number of hydrogen-bond acceptors (Lipinski definition) is 1. The normalized spacial score (nSPS) is 12.2. The molecule has 1 aromatic rings. The van der Waals surface area contributed by atoms with Gasteiger partial charge in [-0.05, 0) is 36.6 Å². The lowest BCUT2D eigenvalue weighted by Gasteiger charge is -2.10. The summed E-state index contributed by atoms with van der Waals surface area (Å²) in [6.45, 7) is 4.44. The number of benzene rings is 1. The zero-order valence-electron chi connectivity index (χ0n) is 9.39. The second-order valence-corrected chi connectivity index (χ2v) is 4.67. The number of nitrogens with one attached hydrogen (secondary N) is 1. The van der Waals surface area contributed by atoms with Crippen molar-refractivity contribution in [1.82, 2.24) is 5.32 Å². The van der Waals surface area contributed by atoms with Crippen molar-refractivity contribution in [1.29, 1.82) is 0 Å². The number of carbonyl (C=O) groups is 1. The molecule has 0 aromatic heterocycles. The van der Waals surface area contributed by atoms with Crippen LogP contribution in [-0.2, 0) is 0 Å². The van der Waals surface area contributed by atoms with Gasteiger partial charge in [0.15, 0.2) is 0 Å². The van der Waals surface area contributed by atoms with E-state index in [1.54, 1.807) is 18.2 Å². The molecule has 0 bridgehead atoms. The van der Waals surface area contributed by atoms with Gasteiger partial charge >= 0.3 is 0 Å². The summed E-state index contributed by atoms with van der Waals surface area (Å²) in [5.41, 5.74) is 1.54. The molecule has 2 nitrogen and oxygen atoms in total. The minimum atomic E-state index is -0.0777. The van der Waals surface area contributed by atoms with E-state index in [1.165, 1.54) is 0 Å². The number of halogens is 2. The highest BCUT2D eigenvalue weighted by atomic mass is 35.5. The van der Waals surface area contributed by atoms with Gasteiger partial charge in [-0.25, -0.2) is 0 Å². The smallest absolute Gasteiger partial charge is 0.251 e. The van der Waals surface area contributed by atoms with Crippen LogP contribution in [0, 0.1) is 12.8 Å². The van der Waals surface area contributed by atoms with Crippen molar-refractivity contribution in [2.24, 2.45) is 5.92 Å². The predicted octanol–water partition coefficient (Wildman–Crippen LogP) is 3.25. The summed E-state index contributed by atoms with van der Waals surface area (Å²) in [5.74, 6) is 0.740. The quantitative estimate of drug-likeness (QED) is 0.827. The van der Waals surface area contributed by atoms with Crippen LogP contribution in [-0.4, -0.2) is 18.3 Å². The summed E-state index contributed by atoms with van der Waals surface area (Å²) < 4.78 is 0. The highest BCUT2D eigenvalue weighted by Crippen LogP contribution is 2.15. The summed E-state index contributed by atoms with van der Waals surface area (Å²) in [5, 5.41) is 3.49. The molecular formula is C12H15Cl2NO. The molecule has 0 radical (unpaired) electrons. The molecule has 1 unspecified atom stereocenters. The van der Waals surface area contributed by atoms with E-state index in [9.17, 15) is 4.79 Å². The fourth-order valence-corrected chi connectivity index (χ4v) is 1.63. The Morgan fingerprint density at radius 1 is 1.50 bits per heavy atom. The van der Waals surface area contributed by atoms with Crippen molar-refractivity contribution in [2.45, 2.75) is 13.8 Å². The zero-order valence-corrected chi connectivity index (χ0v) is 10.9. The van der Waals surface area contributed by atoms with Gasteiger partial charge in [-0.3, -0.25) is 4.79 Å². The Hall–Kier alpha value is -0.730. The lowest BCUT2D eigenvalue weighted by atomic mass is 10.1. The fourth-order valence-electron chi connectivity index (χ4n) is 1.30. The Balaban J connectivity index is 2.66. The van der Waals surface area contributed by atoms with E-state index in [0.29, 0.717) is 23.0 Å². The maximum absolute atomic E-state index is 11.8. The van der Waals surface area contributed by atoms with Crippen LogP contribution in [0.4, 0.5) is 0 Å². The molecular weight excluding hydrogens is 245 g/mol. The topological polar surface area (TPSA) is 29.1 Å². The standard InChI is InChI=1S/C12H15Cl2NO/c1-8(6-13)7-15-12(16)11-4-3-10(14)5-9(11)2/h3-5,8H,6-7H2,1-2H3,(H,15,16). The summed E-state index contributed by atoms with van der Waals surface area (Å²) in [6.07, 6.45) is 0. The molecule has 1 amide bonds. The van der Waals surface area contributed by atoms with Gasteiger partial charge in [0.05, 0.1) is 0 Å². The molecule has 4 heteroatoms. The van der Waals surface area contributed by atoms with Crippen molar-refractivity contribution >= 4 is 29.1 Å². The SMILES string of the molecule is Cc1cc(Cl)ccc1C(=O)NCC(C)CCl. The molecule has 0 fully saturated rings. The highest BCUT2D eigenvalue weighted by Gasteiger charge is 2.09. The van der Waals surface area contributed by atoms with Crippen molar-refractivity contribution in [3.8, 4) is 0 Å². The third-order valence-electron chi connectivity index (χ3n) is 2.31. The average Bonchev–Trinajstić information content (AvgIpc) is 2.25. The lowest BCUT2D eigenvalue weighted by Crippen LogP contribution is -2.29. The van der Waals surface area contributed by atoms with Gasteiger partial charge in [-0.1, -0.05) is 18.5 Å². The van der Waals surface area contributed by atoms with Crippen LogP contribution in [0.5, 0.6) is 0 Å². The molecule has 1 atom stereocenters. The molecule has 0 spiro atoms. The molecule has 0 heterocycles. The van der Waals surface area contributed by atoms with Gasteiger partial charge in [0.2, 0.25) is 0 Å². The predicted molar refractivity (Wildman–Crippen MR) is 68.4 cm³/mol. The fraction of sp³-hybridized carbons (Fsp3) is 0.417. The maximum atomic E-state index is 11.8. The second kappa shape index (κ2) is 6.12. The first-order valence-electron chi connectivity index (χ1n) is 5.15. The molecule has 16 heavy (non-hydrogen) atoms. The minimum absolute atomic E-state index is 0.0777. The van der Waals surface area contributed by atoms with Gasteiger partial charge in [0, 0.05) is 23.0 Å². The largest absolute Gasteiger partial charge is 0.352 e. The molecule has 1 N–H and O–H groups in total. The number of hydrogen-bond donors (Lipinski definition) is 1. The summed E-state index contributed by atoms with van der Waals surface area (Å²) in [4.78, 5) is 11.8. The first-order valence-corrected chi connectivity index (χ1v) is 6.06. The Kier molecular flexibility index (Phi) is 5.10. The highest BCUT2D eigenvalue weighted by molar-refractivity contribution is 6.30. The van der Waals surface area contributed by atoms with Crippen molar-refractivity contribution in [3.05, 3.63) is 34.3 Å². The Labute approximate surface area is 106 Å². The van der Waals surface area contributed by atoms with Crippen molar-refractivity contribution in [2.75, 3.05) is 12.4 Å². The maximum Gasteiger partial charge on any atom is 0.251 e. The summed E-state index contributed by atoms with van der Waals surface area (Å²) >= 11 is 11.5. The van der Waals surface area contributed by atoms with Crippen LogP contribution in [0.2, 0.25) is 5.02 Å². The van der Waals surface area contributed by atoms with Crippen LogP contribution in [0.3, 0.4) is 0 Å². The summed E-state index contributed by atoms with van der Waals surface area (Å²) in [7, 11) is 0. The molecule has 1 rings (SSSR count). The van der Waals surface area contributed by atoms with E-state index < -0.39 is 0 Å². The van der Waals surface area contributed by atoms with E-state index in [2.05, 4.69) is 5.32 Å². The molecule has 0 saturated heterocycles. The van der Waals surface area contributed by atoms with Crippen LogP contribution in [0.15, 0.2) is 18.2 Å².